The lowest BCUT2D eigenvalue weighted by atomic mass is 10.0. The van der Waals surface area contributed by atoms with Gasteiger partial charge in [0.15, 0.2) is 6.29 Å². The van der Waals surface area contributed by atoms with Gasteiger partial charge in [-0.05, 0) is 19.5 Å². The summed E-state index contributed by atoms with van der Waals surface area (Å²) in [4.78, 5) is 0. The van der Waals surface area contributed by atoms with Crippen molar-refractivity contribution in [3.63, 3.8) is 0 Å². The summed E-state index contributed by atoms with van der Waals surface area (Å²) >= 11 is 0. The van der Waals surface area contributed by atoms with Gasteiger partial charge in [0.05, 0.1) is 32.0 Å². The molecule has 0 aromatic carbocycles. The first-order valence-corrected chi connectivity index (χ1v) is 7.24. The highest BCUT2D eigenvalue weighted by atomic mass is 16.7. The number of ether oxygens (including phenoxy) is 3. The van der Waals surface area contributed by atoms with E-state index in [0.717, 1.165) is 13.0 Å². The van der Waals surface area contributed by atoms with Crippen LogP contribution in [0, 0.1) is 0 Å². The fraction of sp³-hybridized carbons (Fsp3) is 0.857. The van der Waals surface area contributed by atoms with Crippen molar-refractivity contribution < 1.29 is 24.4 Å². The third kappa shape index (κ3) is 6.67. The highest BCUT2D eigenvalue weighted by Gasteiger charge is 2.34. The maximum Gasteiger partial charge on any atom is 0.184 e. The molecule has 0 spiro atoms. The highest BCUT2D eigenvalue weighted by Crippen LogP contribution is 2.20. The molecule has 20 heavy (non-hydrogen) atoms. The molecule has 3 N–H and O–H groups in total. The number of allylic oxidation sites excluding steroid dienone is 1. The molecule has 1 aliphatic heterocycles. The molecule has 6 nitrogen and oxygen atoms in total. The van der Waals surface area contributed by atoms with Gasteiger partial charge in [-0.3, -0.25) is 0 Å². The van der Waals surface area contributed by atoms with Crippen LogP contribution in [0.1, 0.15) is 26.7 Å². The van der Waals surface area contributed by atoms with E-state index >= 15 is 0 Å². The summed E-state index contributed by atoms with van der Waals surface area (Å²) in [6.07, 6.45) is 2.82. The maximum atomic E-state index is 9.71. The van der Waals surface area contributed by atoms with Crippen LogP contribution in [0.4, 0.5) is 0 Å². The minimum Gasteiger partial charge on any atom is -0.390 e. The fourth-order valence-corrected chi connectivity index (χ4v) is 1.83. The van der Waals surface area contributed by atoms with Crippen LogP contribution >= 0.6 is 0 Å². The first kappa shape index (κ1) is 17.4. The summed E-state index contributed by atoms with van der Waals surface area (Å²) in [5.41, 5.74) is 0. The Morgan fingerprint density at radius 2 is 2.05 bits per heavy atom. The molecule has 0 aromatic rings. The van der Waals surface area contributed by atoms with Crippen LogP contribution in [0.25, 0.3) is 0 Å². The summed E-state index contributed by atoms with van der Waals surface area (Å²) in [7, 11) is 0. The number of hydrogen-bond donors (Lipinski definition) is 3. The lowest BCUT2D eigenvalue weighted by molar-refractivity contribution is -0.263. The minimum atomic E-state index is -0.790. The predicted octanol–water partition coefficient (Wildman–Crippen LogP) is 0.390. The van der Waals surface area contributed by atoms with Gasteiger partial charge in [-0.15, -0.1) is 0 Å². The molecule has 1 fully saturated rings. The van der Waals surface area contributed by atoms with E-state index in [4.69, 9.17) is 14.2 Å². The molecular formula is C14H27NO5. The topological polar surface area (TPSA) is 80.2 Å². The van der Waals surface area contributed by atoms with E-state index in [0.29, 0.717) is 19.8 Å². The van der Waals surface area contributed by atoms with E-state index in [-0.39, 0.29) is 12.5 Å². The molecule has 6 heteroatoms. The maximum absolute atomic E-state index is 9.71. The van der Waals surface area contributed by atoms with Crippen LogP contribution in [0.3, 0.4) is 0 Å². The normalized spacial score (nSPS) is 30.8. The molecule has 2 unspecified atom stereocenters. The molecule has 0 aromatic heterocycles. The SMILES string of the molecule is CC/C=C/NCCOCCOC1O[C@@H](C)C(O)C[C@H]1O. The second kappa shape index (κ2) is 10.1. The molecule has 1 saturated heterocycles. The molecule has 0 aliphatic carbocycles. The quantitative estimate of drug-likeness (QED) is 0.533. The third-order valence-electron chi connectivity index (χ3n) is 3.06. The van der Waals surface area contributed by atoms with Crippen LogP contribution in [-0.2, 0) is 14.2 Å². The predicted molar refractivity (Wildman–Crippen MR) is 75.2 cm³/mol. The summed E-state index contributed by atoms with van der Waals surface area (Å²) in [6, 6.07) is 0. The Morgan fingerprint density at radius 3 is 2.80 bits per heavy atom. The lowest BCUT2D eigenvalue weighted by Gasteiger charge is -2.35. The van der Waals surface area contributed by atoms with Crippen LogP contribution in [0.15, 0.2) is 12.3 Å². The largest absolute Gasteiger partial charge is 0.390 e. The van der Waals surface area contributed by atoms with E-state index in [1.54, 1.807) is 6.92 Å². The Bertz CT molecular complexity index is 274. The van der Waals surface area contributed by atoms with Crippen LogP contribution in [0.5, 0.6) is 0 Å². The van der Waals surface area contributed by atoms with E-state index in [9.17, 15) is 10.2 Å². The van der Waals surface area contributed by atoms with Gasteiger partial charge in [0.1, 0.15) is 6.10 Å². The van der Waals surface area contributed by atoms with Crippen molar-refractivity contribution in [3.8, 4) is 0 Å². The van der Waals surface area contributed by atoms with E-state index < -0.39 is 18.5 Å². The number of rotatable bonds is 9. The number of aliphatic hydroxyl groups is 2. The fourth-order valence-electron chi connectivity index (χ4n) is 1.83. The standard InChI is InChI=1S/C14H27NO5/c1-3-4-5-15-6-7-18-8-9-19-14-13(17)10-12(16)11(2)20-14/h4-5,11-17H,3,6-10H2,1-2H3/b5-4+/t11-,12?,13+,14?/m0/s1. The van der Waals surface area contributed by atoms with E-state index in [1.165, 1.54) is 0 Å². The summed E-state index contributed by atoms with van der Waals surface area (Å²) in [6.45, 7) is 5.99. The first-order chi connectivity index (χ1) is 9.65. The second-order valence-corrected chi connectivity index (χ2v) is 4.83. The summed E-state index contributed by atoms with van der Waals surface area (Å²) in [5.74, 6) is 0. The van der Waals surface area contributed by atoms with Crippen molar-refractivity contribution in [2.45, 2.75) is 51.3 Å². The second-order valence-electron chi connectivity index (χ2n) is 4.83. The lowest BCUT2D eigenvalue weighted by Crippen LogP contribution is -2.47. The molecule has 1 aliphatic rings. The number of aliphatic hydroxyl groups excluding tert-OH is 2. The monoisotopic (exact) mass is 289 g/mol. The Kier molecular flexibility index (Phi) is 8.80. The van der Waals surface area contributed by atoms with Gasteiger partial charge in [0.2, 0.25) is 0 Å². The third-order valence-corrected chi connectivity index (χ3v) is 3.06. The highest BCUT2D eigenvalue weighted by molar-refractivity contribution is 4.78. The molecule has 0 bridgehead atoms. The zero-order valence-corrected chi connectivity index (χ0v) is 12.3. The van der Waals surface area contributed by atoms with Crippen LogP contribution < -0.4 is 5.32 Å². The molecule has 1 heterocycles. The van der Waals surface area contributed by atoms with Gasteiger partial charge >= 0.3 is 0 Å². The zero-order valence-electron chi connectivity index (χ0n) is 12.3. The molecule has 1 rings (SSSR count). The Morgan fingerprint density at radius 1 is 1.25 bits per heavy atom. The molecule has 4 atom stereocenters. The smallest absolute Gasteiger partial charge is 0.184 e. The molecule has 0 radical (unpaired) electrons. The molecule has 118 valence electrons. The molecule has 0 amide bonds. The van der Waals surface area contributed by atoms with Crippen molar-refractivity contribution in [1.29, 1.82) is 0 Å². The van der Waals surface area contributed by atoms with Gasteiger partial charge in [-0.1, -0.05) is 13.0 Å². The van der Waals surface area contributed by atoms with Gasteiger partial charge in [-0.2, -0.15) is 0 Å². The van der Waals surface area contributed by atoms with Crippen molar-refractivity contribution >= 4 is 0 Å². The van der Waals surface area contributed by atoms with E-state index in [2.05, 4.69) is 12.2 Å². The Hall–Kier alpha value is -0.660. The average Bonchev–Trinajstić information content (AvgIpc) is 2.42. The Labute approximate surface area is 120 Å². The van der Waals surface area contributed by atoms with Crippen molar-refractivity contribution in [3.05, 3.63) is 12.3 Å². The number of hydrogen-bond acceptors (Lipinski definition) is 6. The van der Waals surface area contributed by atoms with Gasteiger partial charge in [0.25, 0.3) is 0 Å². The van der Waals surface area contributed by atoms with Gasteiger partial charge in [0, 0.05) is 13.0 Å². The number of nitrogens with one attached hydrogen (secondary N) is 1. The molecule has 0 saturated carbocycles. The average molecular weight is 289 g/mol. The van der Waals surface area contributed by atoms with Crippen LogP contribution in [0.2, 0.25) is 0 Å². The molecular weight excluding hydrogens is 262 g/mol. The summed E-state index contributed by atoms with van der Waals surface area (Å²) < 4.78 is 16.2. The van der Waals surface area contributed by atoms with Crippen molar-refractivity contribution in [2.24, 2.45) is 0 Å². The summed E-state index contributed by atoms with van der Waals surface area (Å²) in [5, 5.41) is 22.3. The van der Waals surface area contributed by atoms with Crippen LogP contribution in [-0.4, -0.2) is 61.2 Å². The Balaban J connectivity index is 1.99. The first-order valence-electron chi connectivity index (χ1n) is 7.24. The van der Waals surface area contributed by atoms with E-state index in [1.807, 2.05) is 12.3 Å². The van der Waals surface area contributed by atoms with Crippen molar-refractivity contribution in [2.75, 3.05) is 26.4 Å². The van der Waals surface area contributed by atoms with Gasteiger partial charge < -0.3 is 29.7 Å². The minimum absolute atomic E-state index is 0.278. The zero-order chi connectivity index (χ0) is 14.8. The van der Waals surface area contributed by atoms with Crippen molar-refractivity contribution in [1.82, 2.24) is 5.32 Å². The van der Waals surface area contributed by atoms with Gasteiger partial charge in [-0.25, -0.2) is 0 Å².